The molecule has 2 fully saturated rings. The molecule has 0 aromatic carbocycles. The van der Waals surface area contributed by atoms with E-state index in [0.29, 0.717) is 29.4 Å². The van der Waals surface area contributed by atoms with Gasteiger partial charge in [0, 0.05) is 12.3 Å². The highest BCUT2D eigenvalue weighted by Gasteiger charge is 2.40. The molecule has 0 spiro atoms. The number of nitriles is 1. The van der Waals surface area contributed by atoms with Crippen molar-refractivity contribution >= 4 is 9.84 Å². The Balaban J connectivity index is 1.67. The monoisotopic (exact) mass is 403 g/mol. The fourth-order valence-corrected chi connectivity index (χ4v) is 5.61. The summed E-state index contributed by atoms with van der Waals surface area (Å²) < 4.78 is 31.3. The second kappa shape index (κ2) is 7.05. The zero-order valence-corrected chi connectivity index (χ0v) is 17.0. The molecule has 0 bridgehead atoms. The second-order valence-corrected chi connectivity index (χ2v) is 10.3. The molecule has 0 amide bonds. The molecular weight excluding hydrogens is 378 g/mol. The standard InChI is InChI=1S/C20H25N3O4S/c1-12-6-16(7-13(2)17(12)8-21)27-20-18(9-24)23(15-10-28(25,26)11-15)22-19(20)14-4-3-5-14/h6,14-16,24H,3-5,7,9-11H2,1-2H3. The van der Waals surface area contributed by atoms with E-state index < -0.39 is 9.84 Å². The van der Waals surface area contributed by atoms with Gasteiger partial charge >= 0.3 is 0 Å². The number of allylic oxidation sites excluding steroid dienone is 2. The molecule has 1 atom stereocenters. The van der Waals surface area contributed by atoms with Gasteiger partial charge in [-0.15, -0.1) is 0 Å². The minimum atomic E-state index is -3.00. The molecule has 1 unspecified atom stereocenters. The average molecular weight is 404 g/mol. The third-order valence-corrected chi connectivity index (χ3v) is 7.80. The molecule has 1 saturated carbocycles. The number of rotatable bonds is 5. The van der Waals surface area contributed by atoms with Crippen LogP contribution in [0.25, 0.3) is 0 Å². The maximum absolute atomic E-state index is 11.6. The number of aliphatic hydroxyl groups is 1. The highest BCUT2D eigenvalue weighted by Crippen LogP contribution is 2.44. The lowest BCUT2D eigenvalue weighted by atomic mass is 9.82. The van der Waals surface area contributed by atoms with Gasteiger partial charge in [-0.1, -0.05) is 12.0 Å². The van der Waals surface area contributed by atoms with Crippen LogP contribution in [0, 0.1) is 11.3 Å². The summed E-state index contributed by atoms with van der Waals surface area (Å²) in [6.07, 6.45) is 5.51. The smallest absolute Gasteiger partial charge is 0.167 e. The third-order valence-electron chi connectivity index (χ3n) is 6.01. The van der Waals surface area contributed by atoms with Gasteiger partial charge in [0.15, 0.2) is 15.6 Å². The highest BCUT2D eigenvalue weighted by atomic mass is 32.2. The summed E-state index contributed by atoms with van der Waals surface area (Å²) in [4.78, 5) is 0. The molecule has 1 saturated heterocycles. The van der Waals surface area contributed by atoms with Crippen molar-refractivity contribution in [2.45, 2.75) is 64.2 Å². The molecule has 150 valence electrons. The molecule has 4 rings (SSSR count). The van der Waals surface area contributed by atoms with Crippen molar-refractivity contribution in [1.82, 2.24) is 9.78 Å². The summed E-state index contributed by atoms with van der Waals surface area (Å²) in [5.74, 6) is 0.999. The number of sulfone groups is 1. The van der Waals surface area contributed by atoms with E-state index in [1.54, 1.807) is 4.68 Å². The van der Waals surface area contributed by atoms with E-state index in [2.05, 4.69) is 6.07 Å². The van der Waals surface area contributed by atoms with Crippen LogP contribution in [0.5, 0.6) is 5.75 Å². The van der Waals surface area contributed by atoms with Crippen LogP contribution < -0.4 is 4.74 Å². The first-order valence-corrected chi connectivity index (χ1v) is 11.5. The van der Waals surface area contributed by atoms with E-state index in [1.165, 1.54) is 0 Å². The van der Waals surface area contributed by atoms with Crippen LogP contribution in [0.15, 0.2) is 22.8 Å². The van der Waals surface area contributed by atoms with Crippen LogP contribution in [-0.4, -0.2) is 40.9 Å². The fraction of sp³-hybridized carbons (Fsp3) is 0.600. The van der Waals surface area contributed by atoms with E-state index in [9.17, 15) is 18.8 Å². The molecule has 1 aromatic heterocycles. The summed E-state index contributed by atoms with van der Waals surface area (Å²) in [5.41, 5.74) is 3.97. The van der Waals surface area contributed by atoms with Gasteiger partial charge in [-0.05, 0) is 38.3 Å². The van der Waals surface area contributed by atoms with Crippen molar-refractivity contribution in [3.8, 4) is 11.8 Å². The SMILES string of the molecule is CC1=CC(Oc2c(C3CCC3)nn(C3CS(=O)(=O)C3)c2CO)CC(C)=C1C#N. The maximum atomic E-state index is 11.6. The first-order valence-electron chi connectivity index (χ1n) is 9.70. The second-order valence-electron chi connectivity index (χ2n) is 8.10. The molecular formula is C20H25N3O4S. The van der Waals surface area contributed by atoms with E-state index in [4.69, 9.17) is 9.84 Å². The predicted molar refractivity (Wildman–Crippen MR) is 104 cm³/mol. The van der Waals surface area contributed by atoms with Crippen LogP contribution in [0.1, 0.15) is 62.9 Å². The Hall–Kier alpha value is -2.11. The molecule has 28 heavy (non-hydrogen) atoms. The van der Waals surface area contributed by atoms with Crippen molar-refractivity contribution in [2.75, 3.05) is 11.5 Å². The van der Waals surface area contributed by atoms with Crippen LogP contribution in [0.2, 0.25) is 0 Å². The molecule has 1 aromatic rings. The Bertz CT molecular complexity index is 997. The normalized spacial score (nSPS) is 24.9. The molecule has 1 N–H and O–H groups in total. The summed E-state index contributed by atoms with van der Waals surface area (Å²) in [6, 6.07) is 2.01. The number of hydrogen-bond acceptors (Lipinski definition) is 6. The zero-order chi connectivity index (χ0) is 20.1. The third kappa shape index (κ3) is 3.27. The number of aliphatic hydroxyl groups excluding tert-OH is 1. The topological polar surface area (TPSA) is 105 Å². The fourth-order valence-electron chi connectivity index (χ4n) is 4.25. The van der Waals surface area contributed by atoms with Gasteiger partial charge in [0.1, 0.15) is 17.5 Å². The van der Waals surface area contributed by atoms with E-state index >= 15 is 0 Å². The van der Waals surface area contributed by atoms with Gasteiger partial charge in [-0.3, -0.25) is 4.68 Å². The van der Waals surface area contributed by atoms with Gasteiger partial charge in [0.25, 0.3) is 0 Å². The summed E-state index contributed by atoms with van der Waals surface area (Å²) in [7, 11) is -3.00. The first kappa shape index (κ1) is 19.2. The van der Waals surface area contributed by atoms with Crippen molar-refractivity contribution in [3.63, 3.8) is 0 Å². The Morgan fingerprint density at radius 2 is 2.07 bits per heavy atom. The molecule has 0 radical (unpaired) electrons. The minimum absolute atomic E-state index is 0.0566. The summed E-state index contributed by atoms with van der Waals surface area (Å²) in [6.45, 7) is 3.59. The van der Waals surface area contributed by atoms with Crippen molar-refractivity contribution in [1.29, 1.82) is 5.26 Å². The first-order chi connectivity index (χ1) is 13.3. The van der Waals surface area contributed by atoms with Gasteiger partial charge in [0.2, 0.25) is 0 Å². The highest BCUT2D eigenvalue weighted by molar-refractivity contribution is 7.92. The van der Waals surface area contributed by atoms with Crippen LogP contribution in [0.3, 0.4) is 0 Å². The van der Waals surface area contributed by atoms with Crippen LogP contribution in [-0.2, 0) is 16.4 Å². The van der Waals surface area contributed by atoms with E-state index in [-0.39, 0.29) is 30.3 Å². The number of nitrogens with zero attached hydrogens (tertiary/aromatic N) is 3. The number of ether oxygens (including phenoxy) is 1. The molecule has 2 heterocycles. The quantitative estimate of drug-likeness (QED) is 0.810. The lowest BCUT2D eigenvalue weighted by Crippen LogP contribution is -2.39. The molecule has 1 aliphatic heterocycles. The lowest BCUT2D eigenvalue weighted by Gasteiger charge is -2.27. The molecule has 8 heteroatoms. The lowest BCUT2D eigenvalue weighted by molar-refractivity contribution is 0.218. The maximum Gasteiger partial charge on any atom is 0.167 e. The van der Waals surface area contributed by atoms with Crippen molar-refractivity contribution in [3.05, 3.63) is 34.2 Å². The van der Waals surface area contributed by atoms with Gasteiger partial charge in [-0.25, -0.2) is 8.42 Å². The van der Waals surface area contributed by atoms with Gasteiger partial charge in [-0.2, -0.15) is 10.4 Å². The summed E-state index contributed by atoms with van der Waals surface area (Å²) in [5, 5.41) is 24.0. The Labute approximate surface area is 165 Å². The summed E-state index contributed by atoms with van der Waals surface area (Å²) >= 11 is 0. The number of aromatic nitrogens is 2. The van der Waals surface area contributed by atoms with Crippen molar-refractivity contribution in [2.24, 2.45) is 0 Å². The van der Waals surface area contributed by atoms with Gasteiger partial charge in [0.05, 0.1) is 35.8 Å². The van der Waals surface area contributed by atoms with Crippen LogP contribution in [0.4, 0.5) is 0 Å². The Morgan fingerprint density at radius 3 is 2.57 bits per heavy atom. The molecule has 7 nitrogen and oxygen atoms in total. The largest absolute Gasteiger partial charge is 0.482 e. The molecule has 3 aliphatic rings. The Kier molecular flexibility index (Phi) is 4.84. The number of hydrogen-bond donors (Lipinski definition) is 1. The molecule has 2 aliphatic carbocycles. The average Bonchev–Trinajstić information content (AvgIpc) is 2.88. The van der Waals surface area contributed by atoms with Crippen LogP contribution >= 0.6 is 0 Å². The van der Waals surface area contributed by atoms with Crippen molar-refractivity contribution < 1.29 is 18.3 Å². The Morgan fingerprint density at radius 1 is 1.36 bits per heavy atom. The van der Waals surface area contributed by atoms with Gasteiger partial charge < -0.3 is 9.84 Å². The minimum Gasteiger partial charge on any atom is -0.482 e. The predicted octanol–water partition coefficient (Wildman–Crippen LogP) is 2.55. The van der Waals surface area contributed by atoms with E-state index in [1.807, 2.05) is 19.9 Å². The zero-order valence-electron chi connectivity index (χ0n) is 16.2. The van der Waals surface area contributed by atoms with E-state index in [0.717, 1.165) is 36.1 Å².